The molecule has 3 heterocycles. The monoisotopic (exact) mass is 655 g/mol. The average Bonchev–Trinajstić information content (AvgIpc) is 3.43. The zero-order valence-electron chi connectivity index (χ0n) is 22.2. The molecule has 0 aliphatic rings. The molecule has 5 nitrogen and oxygen atoms in total. The molecule has 39 heavy (non-hydrogen) atoms. The van der Waals surface area contributed by atoms with Gasteiger partial charge >= 0.3 is 5.63 Å². The third-order valence-corrected chi connectivity index (χ3v) is 7.81. The van der Waals surface area contributed by atoms with Crippen LogP contribution in [0.4, 0.5) is 15.8 Å². The molecule has 0 unspecified atom stereocenters. The van der Waals surface area contributed by atoms with Gasteiger partial charge in [-0.15, -0.1) is 11.3 Å². The van der Waals surface area contributed by atoms with E-state index in [0.717, 1.165) is 47.2 Å². The van der Waals surface area contributed by atoms with Crippen molar-refractivity contribution < 1.29 is 37.4 Å². The molecule has 0 radical (unpaired) electrons. The van der Waals surface area contributed by atoms with Crippen molar-refractivity contribution in [1.29, 1.82) is 0 Å². The lowest BCUT2D eigenvalue weighted by Crippen LogP contribution is -3.00. The Labute approximate surface area is 248 Å². The van der Waals surface area contributed by atoms with Crippen molar-refractivity contribution in [2.75, 3.05) is 29.9 Å². The summed E-state index contributed by atoms with van der Waals surface area (Å²) in [7, 11) is 1.94. The first-order valence-corrected chi connectivity index (χ1v) is 13.7. The minimum absolute atomic E-state index is 0. The fourth-order valence-corrected chi connectivity index (χ4v) is 5.41. The molecule has 5 aromatic rings. The van der Waals surface area contributed by atoms with Crippen LogP contribution in [-0.2, 0) is 13.5 Å². The molecule has 0 bridgehead atoms. The molecule has 0 aliphatic carbocycles. The fourth-order valence-electron chi connectivity index (χ4n) is 4.70. The Morgan fingerprint density at radius 1 is 1.03 bits per heavy atom. The zero-order valence-corrected chi connectivity index (χ0v) is 25.2. The normalized spacial score (nSPS) is 11.3. The molecule has 8 heteroatoms. The van der Waals surface area contributed by atoms with E-state index in [-0.39, 0.29) is 35.4 Å². The number of hydrogen-bond acceptors (Lipinski definition) is 5. The van der Waals surface area contributed by atoms with Crippen molar-refractivity contribution in [3.63, 3.8) is 0 Å². The number of benzene rings is 2. The van der Waals surface area contributed by atoms with E-state index in [1.807, 2.05) is 65.5 Å². The van der Waals surface area contributed by atoms with E-state index >= 15 is 0 Å². The second-order valence-electron chi connectivity index (χ2n) is 9.18. The molecule has 202 valence electrons. The Kier molecular flexibility index (Phi) is 9.40. The fraction of sp³-hybridized carbons (Fsp3) is 0.226. The maximum Gasteiger partial charge on any atom is 0.343 e. The van der Waals surface area contributed by atoms with Crippen LogP contribution in [0.3, 0.4) is 0 Å². The van der Waals surface area contributed by atoms with E-state index in [2.05, 4.69) is 36.2 Å². The van der Waals surface area contributed by atoms with Crippen LogP contribution in [-0.4, -0.2) is 19.6 Å². The molecular formula is C31H31FIN3O2S. The number of halogens is 2. The van der Waals surface area contributed by atoms with Gasteiger partial charge in [-0.2, -0.15) is 4.57 Å². The highest BCUT2D eigenvalue weighted by atomic mass is 127. The number of aromatic nitrogens is 1. The Morgan fingerprint density at radius 3 is 2.56 bits per heavy atom. The number of rotatable bonds is 9. The number of nitrogens with zero attached hydrogens (tertiary/aromatic N) is 2. The van der Waals surface area contributed by atoms with Crippen LogP contribution in [0.15, 0.2) is 75.3 Å². The van der Waals surface area contributed by atoms with Gasteiger partial charge in [-0.1, -0.05) is 6.07 Å². The minimum atomic E-state index is -0.381. The average molecular weight is 656 g/mol. The summed E-state index contributed by atoms with van der Waals surface area (Å²) in [6.07, 6.45) is 4.50. The summed E-state index contributed by atoms with van der Waals surface area (Å²) in [6.45, 7) is 6.63. The summed E-state index contributed by atoms with van der Waals surface area (Å²) in [4.78, 5) is 16.2. The molecule has 5 rings (SSSR count). The molecule has 0 fully saturated rings. The summed E-state index contributed by atoms with van der Waals surface area (Å²) in [6, 6.07) is 19.1. The maximum atomic E-state index is 14.7. The summed E-state index contributed by atoms with van der Waals surface area (Å²) in [5.41, 5.74) is 3.95. The van der Waals surface area contributed by atoms with Gasteiger partial charge in [-0.3, -0.25) is 0 Å². The highest BCUT2D eigenvalue weighted by Crippen LogP contribution is 2.24. The molecule has 0 aliphatic heterocycles. The van der Waals surface area contributed by atoms with Crippen LogP contribution >= 0.6 is 11.3 Å². The van der Waals surface area contributed by atoms with E-state index in [0.29, 0.717) is 23.4 Å². The Hall–Kier alpha value is -3.24. The number of hydrogen-bond donors (Lipinski definition) is 1. The molecule has 3 aromatic heterocycles. The Balaban J connectivity index is 0.00000353. The smallest absolute Gasteiger partial charge is 0.343 e. The van der Waals surface area contributed by atoms with Crippen LogP contribution in [0.2, 0.25) is 0 Å². The van der Waals surface area contributed by atoms with Crippen molar-refractivity contribution in [1.82, 2.24) is 0 Å². The number of nitrogens with one attached hydrogen (secondary N) is 1. The molecule has 2 aromatic carbocycles. The van der Waals surface area contributed by atoms with Gasteiger partial charge in [0.25, 0.3) is 0 Å². The Morgan fingerprint density at radius 2 is 1.82 bits per heavy atom. The second-order valence-corrected chi connectivity index (χ2v) is 10.2. The van der Waals surface area contributed by atoms with Gasteiger partial charge in [-0.05, 0) is 68.1 Å². The third-order valence-electron chi connectivity index (χ3n) is 6.87. The van der Waals surface area contributed by atoms with Crippen molar-refractivity contribution in [3.8, 4) is 0 Å². The standard InChI is InChI=1S/C31H30FN3O2S.HI/c1-4-35(5-2)25-13-9-22-17-23(31(36)37-30(22)19-25)10-12-24-11-8-21-18-27(32)28(20-29(21)34(24)3)33-15-14-26-7-6-16-38-26;/h6-13,16-20H,4-5,14-15H2,1-3H3;1H/b12-10+;. The topological polar surface area (TPSA) is 49.4 Å². The van der Waals surface area contributed by atoms with Gasteiger partial charge in [0, 0.05) is 65.2 Å². The van der Waals surface area contributed by atoms with E-state index < -0.39 is 0 Å². The van der Waals surface area contributed by atoms with Crippen LogP contribution in [0.1, 0.15) is 30.0 Å². The molecule has 0 atom stereocenters. The summed E-state index contributed by atoms with van der Waals surface area (Å²) in [5, 5.41) is 6.96. The largest absolute Gasteiger partial charge is 1.00 e. The summed E-state index contributed by atoms with van der Waals surface area (Å²) >= 11 is 1.70. The summed E-state index contributed by atoms with van der Waals surface area (Å²) < 4.78 is 22.4. The molecule has 1 N–H and O–H groups in total. The van der Waals surface area contributed by atoms with Crippen LogP contribution in [0.25, 0.3) is 34.0 Å². The van der Waals surface area contributed by atoms with Crippen LogP contribution < -0.4 is 44.4 Å². The molecular weight excluding hydrogens is 624 g/mol. The van der Waals surface area contributed by atoms with E-state index in [1.54, 1.807) is 23.5 Å². The van der Waals surface area contributed by atoms with E-state index in [1.165, 1.54) is 4.88 Å². The van der Waals surface area contributed by atoms with Crippen molar-refractivity contribution in [2.24, 2.45) is 7.05 Å². The number of anilines is 2. The molecule has 0 saturated heterocycles. The molecule has 0 amide bonds. The van der Waals surface area contributed by atoms with Gasteiger partial charge in [0.05, 0.1) is 11.3 Å². The molecule has 0 saturated carbocycles. The van der Waals surface area contributed by atoms with Crippen molar-refractivity contribution in [2.45, 2.75) is 20.3 Å². The van der Waals surface area contributed by atoms with Gasteiger partial charge in [0.1, 0.15) is 18.4 Å². The number of thiophene rings is 1. The van der Waals surface area contributed by atoms with E-state index in [4.69, 9.17) is 4.42 Å². The van der Waals surface area contributed by atoms with Gasteiger partial charge in [0.2, 0.25) is 11.2 Å². The molecule has 0 spiro atoms. The van der Waals surface area contributed by atoms with Crippen LogP contribution in [0, 0.1) is 5.82 Å². The van der Waals surface area contributed by atoms with E-state index in [9.17, 15) is 9.18 Å². The second kappa shape index (κ2) is 12.7. The first kappa shape index (κ1) is 28.8. The lowest BCUT2D eigenvalue weighted by atomic mass is 10.1. The van der Waals surface area contributed by atoms with Gasteiger partial charge < -0.3 is 38.6 Å². The Bertz CT molecular complexity index is 1680. The summed E-state index contributed by atoms with van der Waals surface area (Å²) in [5.74, 6) is -0.273. The minimum Gasteiger partial charge on any atom is -1.00 e. The number of aryl methyl sites for hydroxylation is 1. The first-order valence-electron chi connectivity index (χ1n) is 12.9. The quantitative estimate of drug-likeness (QED) is 0.150. The van der Waals surface area contributed by atoms with Gasteiger partial charge in [0.15, 0.2) is 0 Å². The number of fused-ring (bicyclic) bond motifs is 2. The SMILES string of the molecule is CCN(CC)c1ccc2cc(/C=C/c3ccc4cc(F)c(NCCc5cccs5)cc4[n+]3C)c(=O)oc2c1.[I-]. The van der Waals surface area contributed by atoms with Crippen molar-refractivity contribution >= 4 is 56.7 Å². The first-order chi connectivity index (χ1) is 18.5. The highest BCUT2D eigenvalue weighted by Gasteiger charge is 2.15. The van der Waals surface area contributed by atoms with Crippen molar-refractivity contribution in [3.05, 3.63) is 98.4 Å². The lowest BCUT2D eigenvalue weighted by molar-refractivity contribution is -0.646. The number of pyridine rings is 1. The lowest BCUT2D eigenvalue weighted by Gasteiger charge is -2.20. The third kappa shape index (κ3) is 6.33. The predicted molar refractivity (Wildman–Crippen MR) is 157 cm³/mol. The predicted octanol–water partition coefficient (Wildman–Crippen LogP) is 3.65. The highest BCUT2D eigenvalue weighted by molar-refractivity contribution is 7.09. The van der Waals surface area contributed by atoms with Crippen LogP contribution in [0.5, 0.6) is 0 Å². The zero-order chi connectivity index (χ0) is 26.6. The van der Waals surface area contributed by atoms with Gasteiger partial charge in [-0.25, -0.2) is 9.18 Å². The maximum absolute atomic E-state index is 14.7.